The first-order chi connectivity index (χ1) is 9.15. The maximum absolute atomic E-state index is 12.4. The molecular formula is C14H17BrN2O2. The number of benzene rings is 1. The molecule has 2 fully saturated rings. The Morgan fingerprint density at radius 3 is 3.00 bits per heavy atom. The molecule has 3 rings (SSSR count). The molecule has 19 heavy (non-hydrogen) atoms. The van der Waals surface area contributed by atoms with Crippen LogP contribution >= 0.6 is 15.9 Å². The SMILES string of the molecule is O=C(c1ccc(Br)c(O)c1)N1C[C@@H]2CCCN[C@@H]2C1. The standard InChI is InChI=1S/C14H17BrN2O2/c15-11-4-3-9(6-13(11)18)14(19)17-7-10-2-1-5-16-12(10)8-17/h3-4,6,10,12,16,18H,1-2,5,7-8H2/t10-,12+/m0/s1. The first-order valence-electron chi connectivity index (χ1n) is 6.66. The second-order valence-electron chi connectivity index (χ2n) is 5.34. The van der Waals surface area contributed by atoms with Crippen LogP contribution in [0.3, 0.4) is 0 Å². The van der Waals surface area contributed by atoms with E-state index in [9.17, 15) is 9.90 Å². The van der Waals surface area contributed by atoms with E-state index in [1.807, 2.05) is 4.90 Å². The van der Waals surface area contributed by atoms with Crippen LogP contribution in [0.2, 0.25) is 0 Å². The van der Waals surface area contributed by atoms with Crippen LogP contribution in [0.25, 0.3) is 0 Å². The molecule has 2 aliphatic heterocycles. The largest absolute Gasteiger partial charge is 0.507 e. The van der Waals surface area contributed by atoms with Gasteiger partial charge in [0.25, 0.3) is 5.91 Å². The third kappa shape index (κ3) is 2.49. The van der Waals surface area contributed by atoms with E-state index >= 15 is 0 Å². The van der Waals surface area contributed by atoms with Gasteiger partial charge in [-0.1, -0.05) is 0 Å². The minimum absolute atomic E-state index is 0.0130. The summed E-state index contributed by atoms with van der Waals surface area (Å²) in [6, 6.07) is 5.44. The number of fused-ring (bicyclic) bond motifs is 1. The Kier molecular flexibility index (Phi) is 3.50. The minimum Gasteiger partial charge on any atom is -0.507 e. The Labute approximate surface area is 120 Å². The number of piperidine rings is 1. The van der Waals surface area contributed by atoms with Crippen molar-refractivity contribution in [1.82, 2.24) is 10.2 Å². The molecule has 0 unspecified atom stereocenters. The summed E-state index contributed by atoms with van der Waals surface area (Å²) >= 11 is 3.23. The van der Waals surface area contributed by atoms with Crippen molar-refractivity contribution in [2.24, 2.45) is 5.92 Å². The van der Waals surface area contributed by atoms with Crippen LogP contribution in [0, 0.1) is 5.92 Å². The van der Waals surface area contributed by atoms with Crippen LogP contribution in [-0.4, -0.2) is 41.6 Å². The first-order valence-corrected chi connectivity index (χ1v) is 7.45. The molecule has 2 heterocycles. The molecule has 0 radical (unpaired) electrons. The highest BCUT2D eigenvalue weighted by Gasteiger charge is 2.36. The molecule has 2 saturated heterocycles. The number of rotatable bonds is 1. The van der Waals surface area contributed by atoms with Crippen molar-refractivity contribution in [3.63, 3.8) is 0 Å². The fraction of sp³-hybridized carbons (Fsp3) is 0.500. The van der Waals surface area contributed by atoms with E-state index in [-0.39, 0.29) is 11.7 Å². The zero-order valence-electron chi connectivity index (χ0n) is 10.6. The lowest BCUT2D eigenvalue weighted by Crippen LogP contribution is -2.41. The van der Waals surface area contributed by atoms with E-state index in [1.54, 1.807) is 12.1 Å². The lowest BCUT2D eigenvalue weighted by molar-refractivity contribution is 0.0785. The number of nitrogens with zero attached hydrogens (tertiary/aromatic N) is 1. The Morgan fingerprint density at radius 2 is 2.26 bits per heavy atom. The molecule has 1 aromatic rings. The topological polar surface area (TPSA) is 52.6 Å². The van der Waals surface area contributed by atoms with Crippen LogP contribution in [-0.2, 0) is 0 Å². The molecule has 0 bridgehead atoms. The van der Waals surface area contributed by atoms with Crippen molar-refractivity contribution in [2.45, 2.75) is 18.9 Å². The predicted octanol–water partition coefficient (Wildman–Crippen LogP) is 1.98. The molecule has 4 nitrogen and oxygen atoms in total. The second-order valence-corrected chi connectivity index (χ2v) is 6.19. The second kappa shape index (κ2) is 5.13. The molecule has 2 N–H and O–H groups in total. The van der Waals surface area contributed by atoms with E-state index < -0.39 is 0 Å². The first kappa shape index (κ1) is 12.9. The van der Waals surface area contributed by atoms with Crippen LogP contribution in [0.5, 0.6) is 5.75 Å². The number of nitrogens with one attached hydrogen (secondary N) is 1. The monoisotopic (exact) mass is 324 g/mol. The van der Waals surface area contributed by atoms with Crippen LogP contribution in [0.1, 0.15) is 23.2 Å². The van der Waals surface area contributed by atoms with Gasteiger partial charge in [0.2, 0.25) is 0 Å². The maximum atomic E-state index is 12.4. The molecule has 0 spiro atoms. The fourth-order valence-electron chi connectivity index (χ4n) is 3.04. The molecular weight excluding hydrogens is 308 g/mol. The number of carbonyl (C=O) groups excluding carboxylic acids is 1. The number of likely N-dealkylation sites (tertiary alicyclic amines) is 1. The summed E-state index contributed by atoms with van der Waals surface area (Å²) in [6.07, 6.45) is 2.40. The summed E-state index contributed by atoms with van der Waals surface area (Å²) < 4.78 is 0.612. The number of aromatic hydroxyl groups is 1. The average molecular weight is 325 g/mol. The summed E-state index contributed by atoms with van der Waals surface area (Å²) in [4.78, 5) is 14.3. The van der Waals surface area contributed by atoms with Gasteiger partial charge in [0.15, 0.2) is 0 Å². The number of halogens is 1. The highest BCUT2D eigenvalue weighted by atomic mass is 79.9. The van der Waals surface area contributed by atoms with Crippen LogP contribution in [0.4, 0.5) is 0 Å². The van der Waals surface area contributed by atoms with Crippen molar-refractivity contribution >= 4 is 21.8 Å². The van der Waals surface area contributed by atoms with E-state index in [0.29, 0.717) is 22.0 Å². The van der Waals surface area contributed by atoms with Crippen LogP contribution in [0.15, 0.2) is 22.7 Å². The molecule has 0 saturated carbocycles. The number of phenols is 1. The zero-order chi connectivity index (χ0) is 13.4. The molecule has 2 aliphatic rings. The number of phenolic OH excluding ortho intramolecular Hbond substituents is 1. The summed E-state index contributed by atoms with van der Waals surface area (Å²) in [6.45, 7) is 2.66. The highest BCUT2D eigenvalue weighted by Crippen LogP contribution is 2.28. The van der Waals surface area contributed by atoms with Gasteiger partial charge in [-0.25, -0.2) is 0 Å². The van der Waals surface area contributed by atoms with Crippen molar-refractivity contribution in [2.75, 3.05) is 19.6 Å². The number of hydrogen-bond donors (Lipinski definition) is 2. The third-order valence-corrected chi connectivity index (χ3v) is 4.75. The Bertz CT molecular complexity index is 492. The third-order valence-electron chi connectivity index (χ3n) is 4.08. The van der Waals surface area contributed by atoms with Gasteiger partial charge in [-0.05, 0) is 59.4 Å². The van der Waals surface area contributed by atoms with Gasteiger partial charge >= 0.3 is 0 Å². The maximum Gasteiger partial charge on any atom is 0.254 e. The van der Waals surface area contributed by atoms with Crippen LogP contribution < -0.4 is 5.32 Å². The molecule has 2 atom stereocenters. The molecule has 1 amide bonds. The Balaban J connectivity index is 1.75. The fourth-order valence-corrected chi connectivity index (χ4v) is 3.29. The van der Waals surface area contributed by atoms with Crippen molar-refractivity contribution < 1.29 is 9.90 Å². The number of carbonyl (C=O) groups is 1. The highest BCUT2D eigenvalue weighted by molar-refractivity contribution is 9.10. The van der Waals surface area contributed by atoms with Gasteiger partial charge in [0, 0.05) is 24.7 Å². The van der Waals surface area contributed by atoms with Gasteiger partial charge in [-0.15, -0.1) is 0 Å². The van der Waals surface area contributed by atoms with Crippen molar-refractivity contribution in [1.29, 1.82) is 0 Å². The molecule has 102 valence electrons. The van der Waals surface area contributed by atoms with Crippen molar-refractivity contribution in [3.05, 3.63) is 28.2 Å². The molecule has 0 aliphatic carbocycles. The van der Waals surface area contributed by atoms with E-state index in [4.69, 9.17) is 0 Å². The number of hydrogen-bond acceptors (Lipinski definition) is 3. The Hall–Kier alpha value is -1.07. The van der Waals surface area contributed by atoms with Gasteiger partial charge in [-0.3, -0.25) is 4.79 Å². The molecule has 1 aromatic carbocycles. The normalized spacial score (nSPS) is 26.3. The summed E-state index contributed by atoms with van der Waals surface area (Å²) in [5.74, 6) is 0.710. The smallest absolute Gasteiger partial charge is 0.254 e. The van der Waals surface area contributed by atoms with Gasteiger partial charge in [0.05, 0.1) is 4.47 Å². The number of amides is 1. The predicted molar refractivity (Wildman–Crippen MR) is 76.2 cm³/mol. The van der Waals surface area contributed by atoms with Crippen molar-refractivity contribution in [3.8, 4) is 5.75 Å². The van der Waals surface area contributed by atoms with Gasteiger partial charge in [0.1, 0.15) is 5.75 Å². The van der Waals surface area contributed by atoms with Gasteiger partial charge < -0.3 is 15.3 Å². The lowest BCUT2D eigenvalue weighted by atomic mass is 9.94. The molecule has 0 aromatic heterocycles. The lowest BCUT2D eigenvalue weighted by Gasteiger charge is -2.24. The summed E-state index contributed by atoms with van der Waals surface area (Å²) in [7, 11) is 0. The minimum atomic E-state index is 0.0130. The Morgan fingerprint density at radius 1 is 1.42 bits per heavy atom. The van der Waals surface area contributed by atoms with E-state index in [1.165, 1.54) is 18.9 Å². The zero-order valence-corrected chi connectivity index (χ0v) is 12.2. The van der Waals surface area contributed by atoms with Gasteiger partial charge in [-0.2, -0.15) is 0 Å². The average Bonchev–Trinajstić information content (AvgIpc) is 2.85. The molecule has 5 heteroatoms. The summed E-state index contributed by atoms with van der Waals surface area (Å²) in [5.41, 5.74) is 0.555. The van der Waals surface area contributed by atoms with E-state index in [0.717, 1.165) is 19.6 Å². The summed E-state index contributed by atoms with van der Waals surface area (Å²) in [5, 5.41) is 13.2. The van der Waals surface area contributed by atoms with E-state index in [2.05, 4.69) is 21.2 Å². The quantitative estimate of drug-likeness (QED) is 0.830.